The summed E-state index contributed by atoms with van der Waals surface area (Å²) in [5, 5.41) is 21.6. The molecular weight excluding hydrogens is 178 g/mol. The molecule has 1 aliphatic carbocycles. The van der Waals surface area contributed by atoms with Crippen LogP contribution in [-0.4, -0.2) is 29.5 Å². The predicted molar refractivity (Wildman–Crippen MR) is 54.0 cm³/mol. The van der Waals surface area contributed by atoms with Crippen molar-refractivity contribution in [1.82, 2.24) is 5.32 Å². The Hall–Kier alpha value is -0.900. The van der Waals surface area contributed by atoms with Crippen molar-refractivity contribution in [2.24, 2.45) is 0 Å². The summed E-state index contributed by atoms with van der Waals surface area (Å²) in [6.07, 6.45) is 0.346. The molecule has 76 valence electrons. The SMILES string of the molecule is OCCN[C@H]1c2ccccc2C[C@@H]1O. The van der Waals surface area contributed by atoms with E-state index in [2.05, 4.69) is 5.32 Å². The monoisotopic (exact) mass is 193 g/mol. The minimum atomic E-state index is -0.362. The van der Waals surface area contributed by atoms with Crippen LogP contribution in [0.25, 0.3) is 0 Å². The van der Waals surface area contributed by atoms with E-state index in [1.807, 2.05) is 24.3 Å². The van der Waals surface area contributed by atoms with Crippen LogP contribution in [0.5, 0.6) is 0 Å². The first-order valence-electron chi connectivity index (χ1n) is 4.93. The molecule has 0 bridgehead atoms. The van der Waals surface area contributed by atoms with Crippen LogP contribution in [0.4, 0.5) is 0 Å². The molecule has 0 amide bonds. The van der Waals surface area contributed by atoms with Gasteiger partial charge in [0.2, 0.25) is 0 Å². The molecule has 0 radical (unpaired) electrons. The molecular formula is C11H15NO2. The van der Waals surface area contributed by atoms with E-state index in [1.54, 1.807) is 0 Å². The van der Waals surface area contributed by atoms with Crippen molar-refractivity contribution >= 4 is 0 Å². The number of rotatable bonds is 3. The van der Waals surface area contributed by atoms with E-state index in [0.717, 1.165) is 5.56 Å². The average Bonchev–Trinajstić information content (AvgIpc) is 2.51. The number of fused-ring (bicyclic) bond motifs is 1. The van der Waals surface area contributed by atoms with Crippen LogP contribution in [0, 0.1) is 0 Å². The van der Waals surface area contributed by atoms with Crippen molar-refractivity contribution < 1.29 is 10.2 Å². The highest BCUT2D eigenvalue weighted by molar-refractivity contribution is 5.36. The molecule has 0 spiro atoms. The zero-order valence-corrected chi connectivity index (χ0v) is 7.98. The first kappa shape index (κ1) is 9.65. The van der Waals surface area contributed by atoms with Crippen molar-refractivity contribution in [3.05, 3.63) is 35.4 Å². The molecule has 3 nitrogen and oxygen atoms in total. The molecule has 0 aromatic heterocycles. The average molecular weight is 193 g/mol. The van der Waals surface area contributed by atoms with Gasteiger partial charge in [-0.05, 0) is 11.1 Å². The van der Waals surface area contributed by atoms with Gasteiger partial charge in [-0.15, -0.1) is 0 Å². The third kappa shape index (κ3) is 1.66. The highest BCUT2D eigenvalue weighted by atomic mass is 16.3. The third-order valence-electron chi connectivity index (χ3n) is 2.68. The van der Waals surface area contributed by atoms with Crippen LogP contribution < -0.4 is 5.32 Å². The molecule has 0 unspecified atom stereocenters. The standard InChI is InChI=1S/C11H15NO2/c13-6-5-12-11-9-4-2-1-3-8(9)7-10(11)14/h1-4,10-14H,5-7H2/t10-,11-/m0/s1. The van der Waals surface area contributed by atoms with E-state index in [9.17, 15) is 5.11 Å². The Morgan fingerprint density at radius 1 is 1.36 bits per heavy atom. The lowest BCUT2D eigenvalue weighted by atomic mass is 10.1. The number of hydrogen-bond donors (Lipinski definition) is 3. The van der Waals surface area contributed by atoms with Gasteiger partial charge in [-0.2, -0.15) is 0 Å². The van der Waals surface area contributed by atoms with Crippen LogP contribution in [0.15, 0.2) is 24.3 Å². The normalized spacial score (nSPS) is 25.0. The molecule has 14 heavy (non-hydrogen) atoms. The lowest BCUT2D eigenvalue weighted by Crippen LogP contribution is -2.30. The van der Waals surface area contributed by atoms with Crippen molar-refractivity contribution in [2.75, 3.05) is 13.2 Å². The Morgan fingerprint density at radius 3 is 2.93 bits per heavy atom. The Kier molecular flexibility index (Phi) is 2.82. The highest BCUT2D eigenvalue weighted by Crippen LogP contribution is 2.30. The van der Waals surface area contributed by atoms with Crippen LogP contribution >= 0.6 is 0 Å². The molecule has 2 atom stereocenters. The number of aliphatic hydroxyl groups is 2. The van der Waals surface area contributed by atoms with E-state index in [-0.39, 0.29) is 18.8 Å². The molecule has 0 saturated carbocycles. The summed E-state index contributed by atoms with van der Waals surface area (Å²) >= 11 is 0. The second-order valence-corrected chi connectivity index (χ2v) is 3.63. The highest BCUT2D eigenvalue weighted by Gasteiger charge is 2.29. The molecule has 1 aromatic carbocycles. The molecule has 0 heterocycles. The van der Waals surface area contributed by atoms with Gasteiger partial charge in [0.25, 0.3) is 0 Å². The van der Waals surface area contributed by atoms with Gasteiger partial charge >= 0.3 is 0 Å². The second kappa shape index (κ2) is 4.09. The maximum absolute atomic E-state index is 9.79. The lowest BCUT2D eigenvalue weighted by molar-refractivity contribution is 0.137. The van der Waals surface area contributed by atoms with Crippen LogP contribution in [0.3, 0.4) is 0 Å². The van der Waals surface area contributed by atoms with Gasteiger partial charge in [0, 0.05) is 13.0 Å². The number of benzene rings is 1. The summed E-state index contributed by atoms with van der Waals surface area (Å²) in [6, 6.07) is 8.02. The van der Waals surface area contributed by atoms with E-state index < -0.39 is 0 Å². The summed E-state index contributed by atoms with van der Waals surface area (Å²) < 4.78 is 0. The van der Waals surface area contributed by atoms with Gasteiger partial charge in [-0.25, -0.2) is 0 Å². The lowest BCUT2D eigenvalue weighted by Gasteiger charge is -2.16. The first-order valence-corrected chi connectivity index (χ1v) is 4.93. The maximum Gasteiger partial charge on any atom is 0.0775 e. The van der Waals surface area contributed by atoms with Crippen LogP contribution in [-0.2, 0) is 6.42 Å². The first-order chi connectivity index (χ1) is 6.83. The molecule has 0 aliphatic heterocycles. The topological polar surface area (TPSA) is 52.5 Å². The van der Waals surface area contributed by atoms with Gasteiger partial charge in [-0.1, -0.05) is 24.3 Å². The van der Waals surface area contributed by atoms with E-state index >= 15 is 0 Å². The third-order valence-corrected chi connectivity index (χ3v) is 2.68. The van der Waals surface area contributed by atoms with E-state index in [4.69, 9.17) is 5.11 Å². The van der Waals surface area contributed by atoms with E-state index in [1.165, 1.54) is 5.56 Å². The van der Waals surface area contributed by atoms with Crippen molar-refractivity contribution in [2.45, 2.75) is 18.6 Å². The van der Waals surface area contributed by atoms with Gasteiger partial charge in [0.1, 0.15) is 0 Å². The van der Waals surface area contributed by atoms with Gasteiger partial charge in [0.15, 0.2) is 0 Å². The summed E-state index contributed by atoms with van der Waals surface area (Å²) in [6.45, 7) is 0.626. The van der Waals surface area contributed by atoms with Crippen molar-refractivity contribution in [1.29, 1.82) is 0 Å². The fourth-order valence-corrected chi connectivity index (χ4v) is 2.04. The number of aliphatic hydroxyl groups excluding tert-OH is 2. The molecule has 0 saturated heterocycles. The molecule has 0 fully saturated rings. The van der Waals surface area contributed by atoms with Gasteiger partial charge in [-0.3, -0.25) is 0 Å². The maximum atomic E-state index is 9.79. The zero-order chi connectivity index (χ0) is 9.97. The Bertz CT molecular complexity index is 314. The Labute approximate surface area is 83.4 Å². The summed E-state index contributed by atoms with van der Waals surface area (Å²) in [5.41, 5.74) is 2.36. The second-order valence-electron chi connectivity index (χ2n) is 3.63. The summed E-state index contributed by atoms with van der Waals surface area (Å²) in [4.78, 5) is 0. The molecule has 3 heteroatoms. The van der Waals surface area contributed by atoms with Crippen molar-refractivity contribution in [3.63, 3.8) is 0 Å². The quantitative estimate of drug-likeness (QED) is 0.644. The van der Waals surface area contributed by atoms with Gasteiger partial charge < -0.3 is 15.5 Å². The predicted octanol–water partition coefficient (Wildman–Crippen LogP) is 0.227. The fraction of sp³-hybridized carbons (Fsp3) is 0.455. The molecule has 3 N–H and O–H groups in total. The minimum Gasteiger partial charge on any atom is -0.395 e. The summed E-state index contributed by atoms with van der Waals surface area (Å²) in [5.74, 6) is 0. The smallest absolute Gasteiger partial charge is 0.0775 e. The van der Waals surface area contributed by atoms with Gasteiger partial charge in [0.05, 0.1) is 18.8 Å². The Balaban J connectivity index is 2.17. The van der Waals surface area contributed by atoms with Crippen LogP contribution in [0.1, 0.15) is 17.2 Å². The summed E-state index contributed by atoms with van der Waals surface area (Å²) in [7, 11) is 0. The minimum absolute atomic E-state index is 0.0154. The number of hydrogen-bond acceptors (Lipinski definition) is 3. The molecule has 1 aliphatic rings. The Morgan fingerprint density at radius 2 is 2.14 bits per heavy atom. The fourth-order valence-electron chi connectivity index (χ4n) is 2.04. The molecule has 1 aromatic rings. The van der Waals surface area contributed by atoms with Crippen LogP contribution in [0.2, 0.25) is 0 Å². The zero-order valence-electron chi connectivity index (χ0n) is 7.98. The largest absolute Gasteiger partial charge is 0.395 e. The van der Waals surface area contributed by atoms with E-state index in [0.29, 0.717) is 13.0 Å². The molecule has 2 rings (SSSR count). The van der Waals surface area contributed by atoms with Crippen molar-refractivity contribution in [3.8, 4) is 0 Å². The number of nitrogens with one attached hydrogen (secondary N) is 1.